The Morgan fingerprint density at radius 1 is 1.00 bits per heavy atom. The van der Waals surface area contributed by atoms with Crippen molar-refractivity contribution in [2.24, 2.45) is 0 Å². The van der Waals surface area contributed by atoms with E-state index in [2.05, 4.69) is 9.97 Å². The number of pyridine rings is 1. The molecular formula is C17H12F3N3S. The fraction of sp³-hybridized carbons (Fsp3) is 0.176. The highest BCUT2D eigenvalue weighted by Gasteiger charge is 2.34. The molecule has 0 fully saturated rings. The molecule has 0 aliphatic heterocycles. The van der Waals surface area contributed by atoms with Gasteiger partial charge in [-0.05, 0) is 43.2 Å². The summed E-state index contributed by atoms with van der Waals surface area (Å²) in [5, 5.41) is 0.929. The van der Waals surface area contributed by atoms with Crippen LogP contribution in [-0.4, -0.2) is 14.4 Å². The Bertz CT molecular complexity index is 1080. The third kappa shape index (κ3) is 2.45. The van der Waals surface area contributed by atoms with Crippen LogP contribution < -0.4 is 0 Å². The van der Waals surface area contributed by atoms with Crippen molar-refractivity contribution in [3.63, 3.8) is 0 Å². The van der Waals surface area contributed by atoms with E-state index < -0.39 is 11.7 Å². The maximum Gasteiger partial charge on any atom is 0.420 e. The molecule has 3 nitrogen and oxygen atoms in total. The van der Waals surface area contributed by atoms with E-state index in [4.69, 9.17) is 0 Å². The topological polar surface area (TPSA) is 30.2 Å². The van der Waals surface area contributed by atoms with E-state index in [1.165, 1.54) is 15.7 Å². The molecule has 1 aromatic carbocycles. The fourth-order valence-corrected chi connectivity index (χ4v) is 3.67. The van der Waals surface area contributed by atoms with E-state index in [-0.39, 0.29) is 5.65 Å². The molecule has 0 N–H and O–H groups in total. The van der Waals surface area contributed by atoms with Crippen molar-refractivity contribution >= 4 is 27.2 Å². The summed E-state index contributed by atoms with van der Waals surface area (Å²) in [7, 11) is 0. The van der Waals surface area contributed by atoms with Gasteiger partial charge in [0, 0.05) is 12.4 Å². The molecular weight excluding hydrogens is 335 g/mol. The van der Waals surface area contributed by atoms with Gasteiger partial charge in [0.2, 0.25) is 0 Å². The summed E-state index contributed by atoms with van der Waals surface area (Å²) in [6.07, 6.45) is -1.18. The van der Waals surface area contributed by atoms with Crippen LogP contribution in [0.2, 0.25) is 0 Å². The molecule has 0 atom stereocenters. The number of thiazole rings is 1. The molecule has 4 aromatic rings. The van der Waals surface area contributed by atoms with Gasteiger partial charge in [0.1, 0.15) is 5.65 Å². The van der Waals surface area contributed by atoms with Crippen molar-refractivity contribution in [2.75, 3.05) is 0 Å². The third-order valence-electron chi connectivity index (χ3n) is 3.81. The van der Waals surface area contributed by atoms with Crippen molar-refractivity contribution in [1.82, 2.24) is 14.4 Å². The van der Waals surface area contributed by atoms with Gasteiger partial charge in [-0.15, -0.1) is 11.3 Å². The van der Waals surface area contributed by atoms with Crippen LogP contribution >= 0.6 is 11.3 Å². The van der Waals surface area contributed by atoms with Crippen LogP contribution in [0.15, 0.2) is 36.7 Å². The largest absolute Gasteiger partial charge is 0.420 e. The molecule has 0 amide bonds. The lowest BCUT2D eigenvalue weighted by atomic mass is 10.1. The van der Waals surface area contributed by atoms with E-state index in [9.17, 15) is 13.2 Å². The van der Waals surface area contributed by atoms with E-state index in [1.54, 1.807) is 25.4 Å². The maximum atomic E-state index is 13.4. The number of hydrogen-bond donors (Lipinski definition) is 0. The predicted molar refractivity (Wildman–Crippen MR) is 88.3 cm³/mol. The van der Waals surface area contributed by atoms with Crippen LogP contribution in [0.25, 0.3) is 27.0 Å². The number of rotatable bonds is 1. The zero-order valence-corrected chi connectivity index (χ0v) is 13.7. The monoisotopic (exact) mass is 347 g/mol. The molecule has 0 spiro atoms. The lowest BCUT2D eigenvalue weighted by molar-refractivity contribution is -0.136. The first-order valence-corrected chi connectivity index (χ1v) is 8.07. The Morgan fingerprint density at radius 3 is 2.54 bits per heavy atom. The zero-order valence-electron chi connectivity index (χ0n) is 12.8. The molecule has 4 rings (SSSR count). The summed E-state index contributed by atoms with van der Waals surface area (Å²) < 4.78 is 42.7. The van der Waals surface area contributed by atoms with Gasteiger partial charge in [-0.1, -0.05) is 6.07 Å². The first-order chi connectivity index (χ1) is 11.3. The van der Waals surface area contributed by atoms with Gasteiger partial charge < -0.3 is 4.40 Å². The van der Waals surface area contributed by atoms with E-state index >= 15 is 0 Å². The molecule has 122 valence electrons. The van der Waals surface area contributed by atoms with Gasteiger partial charge in [-0.25, -0.2) is 9.97 Å². The van der Waals surface area contributed by atoms with Gasteiger partial charge in [0.15, 0.2) is 0 Å². The maximum absolute atomic E-state index is 13.4. The number of alkyl halides is 3. The zero-order chi connectivity index (χ0) is 17.1. The van der Waals surface area contributed by atoms with Crippen LogP contribution in [-0.2, 0) is 6.18 Å². The lowest BCUT2D eigenvalue weighted by Gasteiger charge is -2.11. The van der Waals surface area contributed by atoms with Crippen LogP contribution in [0.3, 0.4) is 0 Å². The molecule has 0 radical (unpaired) electrons. The van der Waals surface area contributed by atoms with Gasteiger partial charge >= 0.3 is 6.18 Å². The summed E-state index contributed by atoms with van der Waals surface area (Å²) in [6.45, 7) is 3.59. The van der Waals surface area contributed by atoms with E-state index in [1.807, 2.05) is 19.1 Å². The Morgan fingerprint density at radius 2 is 1.79 bits per heavy atom. The van der Waals surface area contributed by atoms with Gasteiger partial charge in [-0.3, -0.25) is 0 Å². The average molecular weight is 347 g/mol. The molecule has 7 heteroatoms. The highest BCUT2D eigenvalue weighted by Crippen LogP contribution is 2.36. The number of hydrogen-bond acceptors (Lipinski definition) is 3. The van der Waals surface area contributed by atoms with Gasteiger partial charge in [0.25, 0.3) is 0 Å². The second kappa shape index (κ2) is 5.04. The third-order valence-corrected chi connectivity index (χ3v) is 4.74. The predicted octanol–water partition coefficient (Wildman–Crippen LogP) is 5.25. The molecule has 0 aliphatic carbocycles. The lowest BCUT2D eigenvalue weighted by Crippen LogP contribution is -2.08. The summed E-state index contributed by atoms with van der Waals surface area (Å²) >= 11 is 1.53. The Kier molecular flexibility index (Phi) is 3.18. The van der Waals surface area contributed by atoms with Crippen LogP contribution in [0.1, 0.15) is 16.3 Å². The average Bonchev–Trinajstić information content (AvgIpc) is 3.04. The molecule has 0 saturated heterocycles. The molecule has 0 aliphatic rings. The number of imidazole rings is 1. The van der Waals surface area contributed by atoms with Gasteiger partial charge in [0.05, 0.1) is 26.5 Å². The van der Waals surface area contributed by atoms with Crippen LogP contribution in [0.4, 0.5) is 13.2 Å². The molecule has 3 aromatic heterocycles. The fourth-order valence-electron chi connectivity index (χ4n) is 2.81. The highest BCUT2D eigenvalue weighted by atomic mass is 32.1. The van der Waals surface area contributed by atoms with Gasteiger partial charge in [-0.2, -0.15) is 13.2 Å². The first kappa shape index (κ1) is 15.1. The normalized spacial score (nSPS) is 12.4. The van der Waals surface area contributed by atoms with Crippen molar-refractivity contribution < 1.29 is 13.2 Å². The van der Waals surface area contributed by atoms with Crippen molar-refractivity contribution in [1.29, 1.82) is 0 Å². The Labute approximate surface area is 139 Å². The van der Waals surface area contributed by atoms with Crippen molar-refractivity contribution in [2.45, 2.75) is 20.0 Å². The van der Waals surface area contributed by atoms with E-state index in [0.29, 0.717) is 11.3 Å². The summed E-state index contributed by atoms with van der Waals surface area (Å²) in [6, 6.07) is 6.68. The number of fused-ring (bicyclic) bond motifs is 2. The van der Waals surface area contributed by atoms with E-state index in [0.717, 1.165) is 26.9 Å². The quantitative estimate of drug-likeness (QED) is 0.471. The minimum atomic E-state index is -4.46. The first-order valence-electron chi connectivity index (χ1n) is 7.25. The van der Waals surface area contributed by atoms with Crippen molar-refractivity contribution in [3.05, 3.63) is 52.9 Å². The second-order valence-electron chi connectivity index (χ2n) is 5.67. The Balaban J connectivity index is 1.97. The molecule has 0 unspecified atom stereocenters. The summed E-state index contributed by atoms with van der Waals surface area (Å²) in [5.41, 5.74) is 1.83. The van der Waals surface area contributed by atoms with Crippen LogP contribution in [0, 0.1) is 13.8 Å². The number of benzene rings is 1. The Hall–Kier alpha value is -2.41. The standard InChI is InChI=1S/C17H12F3N3S/c1-9-7-23-8-12(5-13(16(23)21-9)17(18,19)20)11-3-4-14-15(6-11)24-10(2)22-14/h3-8H,1-2H3. The summed E-state index contributed by atoms with van der Waals surface area (Å²) in [4.78, 5) is 8.38. The smallest absolute Gasteiger partial charge is 0.306 e. The molecule has 0 bridgehead atoms. The SMILES string of the molecule is Cc1cn2cc(-c3ccc4nc(C)sc4c3)cc(C(F)(F)F)c2n1. The number of halogens is 3. The number of aromatic nitrogens is 3. The minimum absolute atomic E-state index is 0.0709. The molecule has 3 heterocycles. The van der Waals surface area contributed by atoms with Crippen molar-refractivity contribution in [3.8, 4) is 11.1 Å². The van der Waals surface area contributed by atoms with Crippen LogP contribution in [0.5, 0.6) is 0 Å². The molecule has 0 saturated carbocycles. The summed E-state index contributed by atoms with van der Waals surface area (Å²) in [5.74, 6) is 0. The number of nitrogens with zero attached hydrogens (tertiary/aromatic N) is 3. The molecule has 24 heavy (non-hydrogen) atoms. The number of aryl methyl sites for hydroxylation is 2. The highest BCUT2D eigenvalue weighted by molar-refractivity contribution is 7.18. The minimum Gasteiger partial charge on any atom is -0.306 e. The second-order valence-corrected chi connectivity index (χ2v) is 6.90.